The molecule has 0 radical (unpaired) electrons. The van der Waals surface area contributed by atoms with Gasteiger partial charge in [-0.25, -0.2) is 9.97 Å². The molecule has 2 unspecified atom stereocenters. The van der Waals surface area contributed by atoms with E-state index >= 15 is 0 Å². The lowest BCUT2D eigenvalue weighted by Gasteiger charge is -2.49. The van der Waals surface area contributed by atoms with E-state index in [0.29, 0.717) is 0 Å². The van der Waals surface area contributed by atoms with Gasteiger partial charge in [0.15, 0.2) is 5.16 Å². The van der Waals surface area contributed by atoms with Gasteiger partial charge in [-0.15, -0.1) is 0 Å². The van der Waals surface area contributed by atoms with Gasteiger partial charge in [-0.2, -0.15) is 0 Å². The van der Waals surface area contributed by atoms with E-state index in [1.54, 1.807) is 0 Å². The molecule has 0 aromatic carbocycles. The number of rotatable bonds is 4. The summed E-state index contributed by atoms with van der Waals surface area (Å²) in [6.45, 7) is 4.13. The SMILES string of the molecule is CNc1cc(NC2CC(O)C2(C)C)nc(SC)n1. The zero-order valence-corrected chi connectivity index (χ0v) is 12.0. The highest BCUT2D eigenvalue weighted by molar-refractivity contribution is 7.98. The maximum absolute atomic E-state index is 9.74. The lowest BCUT2D eigenvalue weighted by molar-refractivity contribution is -0.0511. The molecule has 1 aromatic heterocycles. The van der Waals surface area contributed by atoms with Gasteiger partial charge in [0, 0.05) is 24.6 Å². The summed E-state index contributed by atoms with van der Waals surface area (Å²) in [5.41, 5.74) is -0.107. The molecular formula is C12H20N4OS. The fraction of sp³-hybridized carbons (Fsp3) is 0.667. The maximum atomic E-state index is 9.74. The molecule has 18 heavy (non-hydrogen) atoms. The van der Waals surface area contributed by atoms with E-state index in [1.807, 2.05) is 19.4 Å². The van der Waals surface area contributed by atoms with Gasteiger partial charge in [0.25, 0.3) is 0 Å². The van der Waals surface area contributed by atoms with E-state index in [-0.39, 0.29) is 17.6 Å². The molecule has 5 nitrogen and oxygen atoms in total. The van der Waals surface area contributed by atoms with Gasteiger partial charge in [-0.3, -0.25) is 0 Å². The van der Waals surface area contributed by atoms with Crippen LogP contribution < -0.4 is 10.6 Å². The average Bonchev–Trinajstić information content (AvgIpc) is 2.38. The molecule has 1 saturated carbocycles. The third-order valence-corrected chi connectivity index (χ3v) is 4.23. The van der Waals surface area contributed by atoms with Crippen LogP contribution in [0.25, 0.3) is 0 Å². The molecule has 6 heteroatoms. The highest BCUT2D eigenvalue weighted by Crippen LogP contribution is 2.42. The third kappa shape index (κ3) is 2.40. The zero-order chi connectivity index (χ0) is 13.3. The van der Waals surface area contributed by atoms with Crippen molar-refractivity contribution in [3.05, 3.63) is 6.07 Å². The van der Waals surface area contributed by atoms with Crippen LogP contribution in [0, 0.1) is 5.41 Å². The van der Waals surface area contributed by atoms with Gasteiger partial charge in [-0.05, 0) is 12.7 Å². The normalized spacial score (nSPS) is 25.4. The van der Waals surface area contributed by atoms with Crippen molar-refractivity contribution in [2.75, 3.05) is 23.9 Å². The fourth-order valence-electron chi connectivity index (χ4n) is 2.04. The first kappa shape index (κ1) is 13.4. The lowest BCUT2D eigenvalue weighted by atomic mass is 9.64. The molecule has 0 amide bonds. The molecule has 0 saturated heterocycles. The van der Waals surface area contributed by atoms with Crippen molar-refractivity contribution < 1.29 is 5.11 Å². The summed E-state index contributed by atoms with van der Waals surface area (Å²) in [6.07, 6.45) is 2.48. The van der Waals surface area contributed by atoms with Crippen LogP contribution in [-0.4, -0.2) is 40.5 Å². The molecule has 1 aliphatic carbocycles. The smallest absolute Gasteiger partial charge is 0.191 e. The first-order valence-electron chi connectivity index (χ1n) is 6.02. The summed E-state index contributed by atoms with van der Waals surface area (Å²) in [6, 6.07) is 2.14. The number of hydrogen-bond acceptors (Lipinski definition) is 6. The summed E-state index contributed by atoms with van der Waals surface area (Å²) in [5.74, 6) is 1.61. The lowest BCUT2D eigenvalue weighted by Crippen LogP contribution is -2.57. The first-order valence-corrected chi connectivity index (χ1v) is 7.25. The summed E-state index contributed by atoms with van der Waals surface area (Å²) in [4.78, 5) is 8.76. The number of thioether (sulfide) groups is 1. The maximum Gasteiger partial charge on any atom is 0.191 e. The second-order valence-electron chi connectivity index (χ2n) is 5.14. The molecular weight excluding hydrogens is 248 g/mol. The Morgan fingerprint density at radius 1 is 1.39 bits per heavy atom. The monoisotopic (exact) mass is 268 g/mol. The summed E-state index contributed by atoms with van der Waals surface area (Å²) >= 11 is 1.51. The predicted molar refractivity (Wildman–Crippen MR) is 75.2 cm³/mol. The molecule has 0 spiro atoms. The van der Waals surface area contributed by atoms with Crippen molar-refractivity contribution in [1.29, 1.82) is 0 Å². The number of hydrogen-bond donors (Lipinski definition) is 3. The fourth-order valence-corrected chi connectivity index (χ4v) is 2.42. The molecule has 1 heterocycles. The number of anilines is 2. The zero-order valence-electron chi connectivity index (χ0n) is 11.2. The van der Waals surface area contributed by atoms with E-state index < -0.39 is 0 Å². The number of nitrogens with one attached hydrogen (secondary N) is 2. The Hall–Kier alpha value is -1.01. The van der Waals surface area contributed by atoms with Crippen molar-refractivity contribution >= 4 is 23.4 Å². The van der Waals surface area contributed by atoms with Crippen LogP contribution in [-0.2, 0) is 0 Å². The number of aromatic nitrogens is 2. The molecule has 1 aromatic rings. The van der Waals surface area contributed by atoms with Crippen molar-refractivity contribution in [1.82, 2.24) is 9.97 Å². The topological polar surface area (TPSA) is 70.1 Å². The standard InChI is InChI=1S/C12H20N4OS/c1-12(2)7(5-8(12)17)14-10-6-9(13-3)15-11(16-10)18-4/h6-8,17H,5H2,1-4H3,(H2,13,14,15,16). The van der Waals surface area contributed by atoms with Crippen LogP contribution in [0.2, 0.25) is 0 Å². The van der Waals surface area contributed by atoms with Gasteiger partial charge >= 0.3 is 0 Å². The molecule has 2 atom stereocenters. The van der Waals surface area contributed by atoms with Crippen molar-refractivity contribution in [2.45, 2.75) is 37.6 Å². The van der Waals surface area contributed by atoms with Gasteiger partial charge in [-0.1, -0.05) is 25.6 Å². The average molecular weight is 268 g/mol. The van der Waals surface area contributed by atoms with E-state index in [4.69, 9.17) is 0 Å². The minimum atomic E-state index is -0.236. The number of aliphatic hydroxyl groups is 1. The van der Waals surface area contributed by atoms with E-state index in [9.17, 15) is 5.11 Å². The van der Waals surface area contributed by atoms with Gasteiger partial charge in [0.05, 0.1) is 6.10 Å². The largest absolute Gasteiger partial charge is 0.392 e. The van der Waals surface area contributed by atoms with E-state index in [1.165, 1.54) is 11.8 Å². The molecule has 3 N–H and O–H groups in total. The molecule has 2 rings (SSSR count). The van der Waals surface area contributed by atoms with Crippen LogP contribution in [0.5, 0.6) is 0 Å². The number of nitrogens with zero attached hydrogens (tertiary/aromatic N) is 2. The Morgan fingerprint density at radius 2 is 2.06 bits per heavy atom. The Balaban J connectivity index is 2.14. The van der Waals surface area contributed by atoms with Gasteiger partial charge < -0.3 is 15.7 Å². The highest BCUT2D eigenvalue weighted by atomic mass is 32.2. The Kier molecular flexibility index (Phi) is 3.68. The second kappa shape index (κ2) is 4.93. The Morgan fingerprint density at radius 3 is 2.56 bits per heavy atom. The van der Waals surface area contributed by atoms with Crippen LogP contribution in [0.1, 0.15) is 20.3 Å². The van der Waals surface area contributed by atoms with Crippen LogP contribution in [0.4, 0.5) is 11.6 Å². The quantitative estimate of drug-likeness (QED) is 0.571. The van der Waals surface area contributed by atoms with Crippen molar-refractivity contribution in [3.8, 4) is 0 Å². The molecule has 1 fully saturated rings. The van der Waals surface area contributed by atoms with Gasteiger partial charge in [0.1, 0.15) is 11.6 Å². The first-order chi connectivity index (χ1) is 8.47. The van der Waals surface area contributed by atoms with Crippen molar-refractivity contribution in [3.63, 3.8) is 0 Å². The van der Waals surface area contributed by atoms with Gasteiger partial charge in [0.2, 0.25) is 0 Å². The van der Waals surface area contributed by atoms with Crippen LogP contribution in [0.15, 0.2) is 11.2 Å². The second-order valence-corrected chi connectivity index (χ2v) is 5.92. The molecule has 1 aliphatic rings. The molecule has 100 valence electrons. The minimum absolute atomic E-state index is 0.107. The number of aliphatic hydroxyl groups excluding tert-OH is 1. The minimum Gasteiger partial charge on any atom is -0.392 e. The Bertz CT molecular complexity index is 416. The molecule has 0 aliphatic heterocycles. The van der Waals surface area contributed by atoms with E-state index in [2.05, 4.69) is 34.4 Å². The highest BCUT2D eigenvalue weighted by Gasteiger charge is 2.47. The Labute approximate surface area is 112 Å². The van der Waals surface area contributed by atoms with Crippen molar-refractivity contribution in [2.24, 2.45) is 5.41 Å². The van der Waals surface area contributed by atoms with Crippen LogP contribution >= 0.6 is 11.8 Å². The summed E-state index contributed by atoms with van der Waals surface area (Å²) < 4.78 is 0. The molecule has 0 bridgehead atoms. The predicted octanol–water partition coefficient (Wildman–Crippen LogP) is 1.81. The summed E-state index contributed by atoms with van der Waals surface area (Å²) in [5, 5.41) is 16.9. The van der Waals surface area contributed by atoms with Crippen LogP contribution in [0.3, 0.4) is 0 Å². The third-order valence-electron chi connectivity index (χ3n) is 3.68. The summed E-state index contributed by atoms with van der Waals surface area (Å²) in [7, 11) is 1.84. The van der Waals surface area contributed by atoms with E-state index in [0.717, 1.165) is 23.2 Å².